The normalized spacial score (nSPS) is 16.3. The Balaban J connectivity index is 1.97. The van der Waals surface area contributed by atoms with E-state index in [2.05, 4.69) is 31.9 Å². The highest BCUT2D eigenvalue weighted by atomic mass is 79.9. The van der Waals surface area contributed by atoms with Gasteiger partial charge in [0.2, 0.25) is 0 Å². The Morgan fingerprint density at radius 1 is 0.900 bits per heavy atom. The summed E-state index contributed by atoms with van der Waals surface area (Å²) in [7, 11) is 0. The smallest absolute Gasteiger partial charge is 0.189 e. The zero-order valence-electron chi connectivity index (χ0n) is 10.7. The molecule has 0 saturated heterocycles. The van der Waals surface area contributed by atoms with Crippen LogP contribution in [0.25, 0.3) is 6.08 Å². The first kappa shape index (κ1) is 13.8. The number of fused-ring (bicyclic) bond motifs is 1. The minimum absolute atomic E-state index is 0.149. The average Bonchev–Trinajstić information content (AvgIpc) is 2.45. The molecule has 20 heavy (non-hydrogen) atoms. The maximum absolute atomic E-state index is 12.5. The van der Waals surface area contributed by atoms with E-state index in [4.69, 9.17) is 0 Å². The van der Waals surface area contributed by atoms with Gasteiger partial charge in [-0.15, -0.1) is 0 Å². The molecule has 0 spiro atoms. The zero-order valence-corrected chi connectivity index (χ0v) is 13.9. The summed E-state index contributed by atoms with van der Waals surface area (Å²) in [5.74, 6) is 0.149. The lowest BCUT2D eigenvalue weighted by Crippen LogP contribution is -2.14. The number of benzene rings is 2. The molecule has 0 atom stereocenters. The second-order valence-electron chi connectivity index (χ2n) is 4.85. The van der Waals surface area contributed by atoms with Crippen LogP contribution in [0.15, 0.2) is 57.0 Å². The van der Waals surface area contributed by atoms with E-state index in [1.165, 1.54) is 0 Å². The Hall–Kier alpha value is -1.19. The summed E-state index contributed by atoms with van der Waals surface area (Å²) in [6.07, 6.45) is 3.73. The number of hydrogen-bond donors (Lipinski definition) is 0. The Morgan fingerprint density at radius 2 is 1.60 bits per heavy atom. The lowest BCUT2D eigenvalue weighted by atomic mass is 9.86. The van der Waals surface area contributed by atoms with Gasteiger partial charge in [-0.05, 0) is 54.3 Å². The second kappa shape index (κ2) is 5.66. The summed E-state index contributed by atoms with van der Waals surface area (Å²) < 4.78 is 2.00. The van der Waals surface area contributed by atoms with Crippen molar-refractivity contribution in [2.75, 3.05) is 0 Å². The van der Waals surface area contributed by atoms with Crippen LogP contribution in [0.3, 0.4) is 0 Å². The summed E-state index contributed by atoms with van der Waals surface area (Å²) in [5.41, 5.74) is 3.92. The monoisotopic (exact) mass is 390 g/mol. The summed E-state index contributed by atoms with van der Waals surface area (Å²) in [6, 6.07) is 14.0. The van der Waals surface area contributed by atoms with Crippen molar-refractivity contribution in [1.29, 1.82) is 0 Å². The SMILES string of the molecule is O=C1/C(=C\c2ccc(Br)cc2)CCc2ccc(Br)cc21. The number of rotatable bonds is 1. The van der Waals surface area contributed by atoms with Crippen LogP contribution in [0.2, 0.25) is 0 Å². The van der Waals surface area contributed by atoms with Crippen LogP contribution in [0.5, 0.6) is 0 Å². The molecule has 0 saturated carbocycles. The molecule has 0 fully saturated rings. The standard InChI is InChI=1S/C17H12Br2O/c18-14-6-1-11(2-7-14)9-13-4-3-12-5-8-15(19)10-16(12)17(13)20/h1-2,5-10H,3-4H2/b13-9-. The van der Waals surface area contributed by atoms with Gasteiger partial charge in [0.25, 0.3) is 0 Å². The minimum Gasteiger partial charge on any atom is -0.289 e. The highest BCUT2D eigenvalue weighted by Gasteiger charge is 2.21. The van der Waals surface area contributed by atoms with Gasteiger partial charge in [0.05, 0.1) is 0 Å². The third-order valence-electron chi connectivity index (χ3n) is 3.48. The summed E-state index contributed by atoms with van der Waals surface area (Å²) in [6.45, 7) is 0. The van der Waals surface area contributed by atoms with E-state index in [-0.39, 0.29) is 5.78 Å². The van der Waals surface area contributed by atoms with Gasteiger partial charge >= 0.3 is 0 Å². The second-order valence-corrected chi connectivity index (χ2v) is 6.68. The maximum Gasteiger partial charge on any atom is 0.189 e. The van der Waals surface area contributed by atoms with E-state index in [9.17, 15) is 4.79 Å². The highest BCUT2D eigenvalue weighted by Crippen LogP contribution is 2.29. The molecule has 1 aliphatic carbocycles. The van der Waals surface area contributed by atoms with Crippen molar-refractivity contribution in [1.82, 2.24) is 0 Å². The fraction of sp³-hybridized carbons (Fsp3) is 0.118. The van der Waals surface area contributed by atoms with E-state index in [0.29, 0.717) is 0 Å². The molecule has 0 heterocycles. The molecule has 0 aromatic heterocycles. The van der Waals surface area contributed by atoms with Crippen LogP contribution < -0.4 is 0 Å². The number of Topliss-reactive ketones (excluding diaryl/α,β-unsaturated/α-hetero) is 1. The van der Waals surface area contributed by atoms with Crippen LogP contribution >= 0.6 is 31.9 Å². The first-order chi connectivity index (χ1) is 9.63. The third kappa shape index (κ3) is 2.79. The van der Waals surface area contributed by atoms with Gasteiger partial charge < -0.3 is 0 Å². The Bertz CT molecular complexity index is 699. The first-order valence-electron chi connectivity index (χ1n) is 6.43. The lowest BCUT2D eigenvalue weighted by molar-refractivity contribution is 0.102. The molecule has 0 bridgehead atoms. The van der Waals surface area contributed by atoms with Gasteiger partial charge in [-0.2, -0.15) is 0 Å². The fourth-order valence-electron chi connectivity index (χ4n) is 2.43. The average molecular weight is 392 g/mol. The molecule has 100 valence electrons. The highest BCUT2D eigenvalue weighted by molar-refractivity contribution is 9.10. The van der Waals surface area contributed by atoms with E-state index in [1.807, 2.05) is 48.5 Å². The minimum atomic E-state index is 0.149. The Labute approximate surface area is 135 Å². The largest absolute Gasteiger partial charge is 0.289 e. The molecule has 2 aromatic carbocycles. The van der Waals surface area contributed by atoms with Gasteiger partial charge in [0, 0.05) is 20.1 Å². The predicted molar refractivity (Wildman–Crippen MR) is 88.9 cm³/mol. The molecule has 0 aliphatic heterocycles. The zero-order chi connectivity index (χ0) is 14.1. The van der Waals surface area contributed by atoms with E-state index < -0.39 is 0 Å². The van der Waals surface area contributed by atoms with Crippen LogP contribution in [0.1, 0.15) is 27.9 Å². The quantitative estimate of drug-likeness (QED) is 0.592. The van der Waals surface area contributed by atoms with Crippen molar-refractivity contribution in [2.45, 2.75) is 12.8 Å². The number of aryl methyl sites for hydroxylation is 1. The van der Waals surface area contributed by atoms with E-state index in [1.54, 1.807) is 0 Å². The molecule has 1 nitrogen and oxygen atoms in total. The molecule has 2 aromatic rings. The topological polar surface area (TPSA) is 17.1 Å². The molecule has 0 radical (unpaired) electrons. The molecule has 0 unspecified atom stereocenters. The van der Waals surface area contributed by atoms with Gasteiger partial charge in [0.1, 0.15) is 0 Å². The Kier molecular flexibility index (Phi) is 3.90. The number of carbonyl (C=O) groups is 1. The first-order valence-corrected chi connectivity index (χ1v) is 8.01. The summed E-state index contributed by atoms with van der Waals surface area (Å²) >= 11 is 6.85. The van der Waals surface area contributed by atoms with E-state index in [0.717, 1.165) is 44.1 Å². The van der Waals surface area contributed by atoms with Crippen molar-refractivity contribution in [2.24, 2.45) is 0 Å². The summed E-state index contributed by atoms with van der Waals surface area (Å²) in [4.78, 5) is 12.5. The van der Waals surface area contributed by atoms with Crippen LogP contribution in [-0.4, -0.2) is 5.78 Å². The maximum atomic E-state index is 12.5. The predicted octanol–water partition coefficient (Wildman–Crippen LogP) is 5.42. The van der Waals surface area contributed by atoms with E-state index >= 15 is 0 Å². The number of halogens is 2. The van der Waals surface area contributed by atoms with Crippen LogP contribution in [0.4, 0.5) is 0 Å². The molecule has 0 N–H and O–H groups in total. The van der Waals surface area contributed by atoms with Crippen molar-refractivity contribution in [3.05, 3.63) is 73.7 Å². The number of hydrogen-bond acceptors (Lipinski definition) is 1. The van der Waals surface area contributed by atoms with Gasteiger partial charge in [-0.25, -0.2) is 0 Å². The molecule has 1 aliphatic rings. The number of allylic oxidation sites excluding steroid dienone is 1. The van der Waals surface area contributed by atoms with Crippen LogP contribution in [0, 0.1) is 0 Å². The van der Waals surface area contributed by atoms with Crippen LogP contribution in [-0.2, 0) is 6.42 Å². The van der Waals surface area contributed by atoms with Gasteiger partial charge in [-0.3, -0.25) is 4.79 Å². The fourth-order valence-corrected chi connectivity index (χ4v) is 3.06. The molecular weight excluding hydrogens is 380 g/mol. The summed E-state index contributed by atoms with van der Waals surface area (Å²) in [5, 5.41) is 0. The lowest BCUT2D eigenvalue weighted by Gasteiger charge is -2.17. The molecule has 3 heteroatoms. The van der Waals surface area contributed by atoms with Crippen molar-refractivity contribution in [3.63, 3.8) is 0 Å². The molecule has 0 amide bonds. The number of carbonyl (C=O) groups excluding carboxylic acids is 1. The van der Waals surface area contributed by atoms with Gasteiger partial charge in [-0.1, -0.05) is 50.1 Å². The molecule has 3 rings (SSSR count). The third-order valence-corrected chi connectivity index (χ3v) is 4.50. The Morgan fingerprint density at radius 3 is 2.35 bits per heavy atom. The van der Waals surface area contributed by atoms with Gasteiger partial charge in [0.15, 0.2) is 5.78 Å². The van der Waals surface area contributed by atoms with Crippen molar-refractivity contribution in [3.8, 4) is 0 Å². The van der Waals surface area contributed by atoms with Crippen molar-refractivity contribution < 1.29 is 4.79 Å². The molecular formula is C17H12Br2O. The van der Waals surface area contributed by atoms with Crippen molar-refractivity contribution >= 4 is 43.7 Å². The number of ketones is 1.